The van der Waals surface area contributed by atoms with Crippen molar-refractivity contribution >= 4 is 74.7 Å². The first-order valence-electron chi connectivity index (χ1n) is 15.9. The number of anilines is 2. The van der Waals surface area contributed by atoms with Crippen molar-refractivity contribution < 1.29 is 51.2 Å². The highest BCUT2D eigenvalue weighted by molar-refractivity contribution is 6.58. The van der Waals surface area contributed by atoms with Crippen LogP contribution in [0.5, 0.6) is 5.75 Å². The molecule has 8 rings (SSSR count). The Morgan fingerprint density at radius 2 is 1.40 bits per heavy atom. The topological polar surface area (TPSA) is 138 Å². The molecule has 4 aromatic rings. The number of nitro groups is 1. The maximum Gasteiger partial charge on any atom is 0.269 e. The number of carbonyl (C=O) groups excluding carboxylic acids is 4. The number of nitrogens with zero attached hydrogens (tertiary/aromatic N) is 3. The first kappa shape index (κ1) is 34.7. The van der Waals surface area contributed by atoms with Crippen molar-refractivity contribution in [1.29, 1.82) is 0 Å². The van der Waals surface area contributed by atoms with E-state index in [1.54, 1.807) is 24.3 Å². The van der Waals surface area contributed by atoms with Crippen molar-refractivity contribution in [3.8, 4) is 5.75 Å². The molecule has 4 aromatic carbocycles. The van der Waals surface area contributed by atoms with Crippen molar-refractivity contribution in [2.75, 3.05) is 9.80 Å². The predicted octanol–water partition coefficient (Wildman–Crippen LogP) is 6.92. The largest absolute Gasteiger partial charge is 0.507 e. The van der Waals surface area contributed by atoms with Gasteiger partial charge in [-0.1, -0.05) is 48.0 Å². The Hall–Kier alpha value is -5.41. The molecule has 2 aliphatic heterocycles. The number of carbonyl (C=O) groups is 4. The van der Waals surface area contributed by atoms with E-state index in [1.165, 1.54) is 30.3 Å². The SMILES string of the molecule is O=C1[C@H]2[C@H](CC=C3[C@H]2C[C@@]2(Cl)C(=O)N(c4c(F)c(F)c(F)c(F)c4F)C(=O)[C@@]2(Cl)[C@H]3c2ccc3ccccc3c2O)C(=O)N1c1ccc([N+](=O)[O-])cc1. The van der Waals surface area contributed by atoms with E-state index in [0.717, 1.165) is 17.0 Å². The number of phenols is 1. The summed E-state index contributed by atoms with van der Waals surface area (Å²) in [6.07, 6.45) is 0.621. The molecular weight excluding hydrogens is 752 g/mol. The number of halogens is 7. The fraction of sp³-hybridized carbons (Fsp3) is 0.222. The lowest BCUT2D eigenvalue weighted by molar-refractivity contribution is -0.384. The van der Waals surface area contributed by atoms with E-state index >= 15 is 8.78 Å². The highest BCUT2D eigenvalue weighted by atomic mass is 35.5. The Labute approximate surface area is 304 Å². The van der Waals surface area contributed by atoms with Gasteiger partial charge in [0.2, 0.25) is 17.6 Å². The van der Waals surface area contributed by atoms with Crippen molar-refractivity contribution in [1.82, 2.24) is 0 Å². The second-order valence-corrected chi connectivity index (χ2v) is 14.4. The van der Waals surface area contributed by atoms with Gasteiger partial charge in [-0.3, -0.25) is 34.2 Å². The van der Waals surface area contributed by atoms with Gasteiger partial charge in [-0.25, -0.2) is 26.9 Å². The molecule has 1 N–H and O–H groups in total. The molecule has 17 heteroatoms. The van der Waals surface area contributed by atoms with Crippen molar-refractivity contribution in [3.63, 3.8) is 0 Å². The Morgan fingerprint density at radius 3 is 2.04 bits per heavy atom. The predicted molar refractivity (Wildman–Crippen MR) is 178 cm³/mol. The fourth-order valence-electron chi connectivity index (χ4n) is 8.40. The molecule has 10 nitrogen and oxygen atoms in total. The monoisotopic (exact) mass is 771 g/mol. The summed E-state index contributed by atoms with van der Waals surface area (Å²) >= 11 is 14.3. The number of benzene rings is 4. The van der Waals surface area contributed by atoms with Crippen LogP contribution in [0.3, 0.4) is 0 Å². The summed E-state index contributed by atoms with van der Waals surface area (Å²) in [6.45, 7) is 0. The average Bonchev–Trinajstić information content (AvgIpc) is 3.48. The fourth-order valence-corrected chi connectivity index (χ4v) is 9.32. The van der Waals surface area contributed by atoms with Crippen LogP contribution in [-0.2, 0) is 19.2 Å². The van der Waals surface area contributed by atoms with Crippen molar-refractivity contribution in [2.24, 2.45) is 17.8 Å². The number of nitro benzene ring substituents is 1. The molecular formula is C36H20Cl2F5N3O7. The van der Waals surface area contributed by atoms with Crippen LogP contribution in [0.25, 0.3) is 10.8 Å². The van der Waals surface area contributed by atoms with E-state index in [2.05, 4.69) is 0 Å². The maximum absolute atomic E-state index is 15.3. The Balaban J connectivity index is 1.33. The molecule has 6 atom stereocenters. The van der Waals surface area contributed by atoms with Crippen molar-refractivity contribution in [3.05, 3.63) is 117 Å². The lowest BCUT2D eigenvalue weighted by Crippen LogP contribution is -2.60. The summed E-state index contributed by atoms with van der Waals surface area (Å²) in [6, 6.07) is 13.9. The van der Waals surface area contributed by atoms with Gasteiger partial charge < -0.3 is 5.11 Å². The van der Waals surface area contributed by atoms with Gasteiger partial charge in [0, 0.05) is 29.0 Å². The van der Waals surface area contributed by atoms with Crippen LogP contribution in [0.2, 0.25) is 0 Å². The van der Waals surface area contributed by atoms with Crippen LogP contribution in [0.1, 0.15) is 24.3 Å². The lowest BCUT2D eigenvalue weighted by Gasteiger charge is -2.50. The summed E-state index contributed by atoms with van der Waals surface area (Å²) in [7, 11) is 0. The minimum atomic E-state index is -2.81. The molecule has 2 saturated heterocycles. The number of amides is 4. The molecule has 4 aliphatic rings. The molecule has 1 saturated carbocycles. The molecule has 0 spiro atoms. The lowest BCUT2D eigenvalue weighted by atomic mass is 9.56. The third kappa shape index (κ3) is 4.37. The van der Waals surface area contributed by atoms with E-state index < -0.39 is 109 Å². The van der Waals surface area contributed by atoms with E-state index in [9.17, 15) is 47.6 Å². The van der Waals surface area contributed by atoms with E-state index in [-0.39, 0.29) is 39.2 Å². The normalized spacial score (nSPS) is 27.9. The molecule has 0 bridgehead atoms. The van der Waals surface area contributed by atoms with Crippen LogP contribution < -0.4 is 9.80 Å². The molecule has 0 aromatic heterocycles. The number of phenolic OH excluding ortho intramolecular Hbond substituents is 1. The Bertz CT molecular complexity index is 2400. The third-order valence-electron chi connectivity index (χ3n) is 10.8. The third-order valence-corrected chi connectivity index (χ3v) is 12.2. The van der Waals surface area contributed by atoms with E-state index in [4.69, 9.17) is 23.2 Å². The first-order valence-corrected chi connectivity index (χ1v) is 16.6. The standard InChI is InChI=1S/C36H20Cl2F5N3O7/c37-35-13-21-18(11-12-19-22(21)32(49)44(31(19)48)15-6-8-16(9-7-15)46(52)53)23(20-10-5-14-3-1-2-4-17(14)30(20)47)36(35,38)34(51)45(33(35)50)29-27(42)25(40)24(39)26(41)28(29)43/h1-11,19,21-23,47H,12-13H2/t19-,21+,22-,23+,35+,36-/m0/s1. The first-order chi connectivity index (χ1) is 25.1. The van der Waals surface area contributed by atoms with Gasteiger partial charge in [-0.2, -0.15) is 0 Å². The number of aromatic hydroxyl groups is 1. The van der Waals surface area contributed by atoms with E-state index in [0.29, 0.717) is 5.39 Å². The summed E-state index contributed by atoms with van der Waals surface area (Å²) in [5.74, 6) is -23.1. The van der Waals surface area contributed by atoms with Gasteiger partial charge in [0.1, 0.15) is 11.4 Å². The molecule has 270 valence electrons. The summed E-state index contributed by atoms with van der Waals surface area (Å²) < 4.78 is 73.7. The zero-order valence-corrected chi connectivity index (χ0v) is 28.0. The Morgan fingerprint density at radius 1 is 0.774 bits per heavy atom. The molecule has 0 unspecified atom stereocenters. The van der Waals surface area contributed by atoms with Gasteiger partial charge in [0.25, 0.3) is 17.5 Å². The molecule has 3 fully saturated rings. The quantitative estimate of drug-likeness (QED) is 0.0348. The minimum absolute atomic E-state index is 0.00188. The highest BCUT2D eigenvalue weighted by Gasteiger charge is 2.77. The van der Waals surface area contributed by atoms with Crippen LogP contribution in [-0.4, -0.2) is 43.4 Å². The summed E-state index contributed by atoms with van der Waals surface area (Å²) in [4.78, 5) is 62.4. The molecule has 53 heavy (non-hydrogen) atoms. The maximum atomic E-state index is 15.3. The van der Waals surface area contributed by atoms with Gasteiger partial charge in [-0.05, 0) is 36.3 Å². The summed E-state index contributed by atoms with van der Waals surface area (Å²) in [5, 5.41) is 23.7. The molecule has 4 amide bonds. The van der Waals surface area contributed by atoms with Gasteiger partial charge in [0.15, 0.2) is 33.0 Å². The smallest absolute Gasteiger partial charge is 0.269 e. The van der Waals surface area contributed by atoms with Crippen molar-refractivity contribution in [2.45, 2.75) is 28.5 Å². The number of rotatable bonds is 4. The van der Waals surface area contributed by atoms with Crippen LogP contribution in [0.4, 0.5) is 39.0 Å². The van der Waals surface area contributed by atoms with Crippen LogP contribution in [0, 0.1) is 57.0 Å². The van der Waals surface area contributed by atoms with Gasteiger partial charge in [0.05, 0.1) is 22.4 Å². The second kappa shape index (κ2) is 11.5. The zero-order valence-electron chi connectivity index (χ0n) is 26.5. The number of allylic oxidation sites excluding steroid dienone is 2. The molecule has 2 heterocycles. The van der Waals surface area contributed by atoms with Crippen LogP contribution >= 0.6 is 23.2 Å². The number of imide groups is 2. The average molecular weight is 772 g/mol. The molecule has 0 radical (unpaired) electrons. The summed E-state index contributed by atoms with van der Waals surface area (Å²) in [5.41, 5.74) is -2.21. The number of non-ortho nitro benzene ring substituents is 1. The molecule has 2 aliphatic carbocycles. The van der Waals surface area contributed by atoms with E-state index in [1.807, 2.05) is 0 Å². The highest BCUT2D eigenvalue weighted by Crippen LogP contribution is 2.67. The van der Waals surface area contributed by atoms with Crippen LogP contribution in [0.15, 0.2) is 72.3 Å². The number of alkyl halides is 2. The number of hydrogen-bond acceptors (Lipinski definition) is 7. The minimum Gasteiger partial charge on any atom is -0.507 e. The second-order valence-electron chi connectivity index (χ2n) is 13.2. The van der Waals surface area contributed by atoms with Gasteiger partial charge in [-0.15, -0.1) is 23.2 Å². The number of hydrogen-bond donors (Lipinski definition) is 1. The zero-order chi connectivity index (χ0) is 38.0. The number of fused-ring (bicyclic) bond motifs is 5. The van der Waals surface area contributed by atoms with Gasteiger partial charge >= 0.3 is 0 Å². The Kier molecular flexibility index (Phi) is 7.55.